The number of guanidine groups is 3. The monoisotopic (exact) mass is 1590 g/mol. The number of amides is 3. The van der Waals surface area contributed by atoms with Gasteiger partial charge < -0.3 is 105 Å². The van der Waals surface area contributed by atoms with Crippen LogP contribution in [0.3, 0.4) is 0 Å². The van der Waals surface area contributed by atoms with Crippen LogP contribution in [0, 0.1) is 53.4 Å². The predicted octanol–water partition coefficient (Wildman–Crippen LogP) is 8.62. The topological polar surface area (TPSA) is 556 Å². The van der Waals surface area contributed by atoms with Crippen molar-refractivity contribution in [2.24, 2.45) is 66.9 Å². The molecule has 6 atom stereocenters. The zero-order valence-corrected chi connectivity index (χ0v) is 68.4. The number of nitrogens with one attached hydrogen (secondary N) is 3. The van der Waals surface area contributed by atoms with E-state index in [-0.39, 0.29) is 112 Å². The molecule has 628 valence electrons. The summed E-state index contributed by atoms with van der Waals surface area (Å²) in [6.07, 6.45) is -0.0352. The van der Waals surface area contributed by atoms with Crippen molar-refractivity contribution in [3.63, 3.8) is 0 Å². The van der Waals surface area contributed by atoms with Gasteiger partial charge in [-0.05, 0) is 259 Å². The molecule has 22 N–H and O–H groups in total. The first kappa shape index (κ1) is 98.4. The minimum Gasteiger partial charge on any atom is -0.508 e. The highest BCUT2D eigenvalue weighted by atomic mass is 16.6. The third kappa shape index (κ3) is 41.5. The van der Waals surface area contributed by atoms with Crippen molar-refractivity contribution in [1.82, 2.24) is 16.0 Å². The molecule has 5 aromatic rings. The van der Waals surface area contributed by atoms with Crippen LogP contribution in [0.1, 0.15) is 175 Å². The fourth-order valence-electron chi connectivity index (χ4n) is 11.4. The molecule has 3 amide bonds. The summed E-state index contributed by atoms with van der Waals surface area (Å²) < 4.78 is 26.5. The number of nitrogens with two attached hydrogens (primary N) is 7. The summed E-state index contributed by atoms with van der Waals surface area (Å²) in [6.45, 7) is 27.5. The summed E-state index contributed by atoms with van der Waals surface area (Å²) in [5, 5.41) is 55.5. The lowest BCUT2D eigenvalue weighted by molar-refractivity contribution is -0.151. The molecular formula is C82H121N13O19. The van der Waals surface area contributed by atoms with Crippen LogP contribution in [0.4, 0.5) is 14.4 Å². The smallest absolute Gasteiger partial charge is 0.408 e. The molecule has 114 heavy (non-hydrogen) atoms. The molecule has 0 radical (unpaired) electrons. The van der Waals surface area contributed by atoms with E-state index in [2.05, 4.69) is 30.9 Å². The largest absolute Gasteiger partial charge is 0.508 e. The fraction of sp³-hybridized carbons (Fsp3) is 0.488. The summed E-state index contributed by atoms with van der Waals surface area (Å²) in [5.41, 5.74) is 44.7. The molecule has 0 aliphatic carbocycles. The van der Waals surface area contributed by atoms with Crippen LogP contribution >= 0.6 is 0 Å². The molecule has 0 saturated carbocycles. The number of Topliss-reactive ketones (excluding diaryl/α,β-unsaturated/α-hetero) is 2. The molecule has 5 rings (SSSR count). The highest BCUT2D eigenvalue weighted by Gasteiger charge is 2.33. The van der Waals surface area contributed by atoms with E-state index in [4.69, 9.17) is 68.9 Å². The average molecular weight is 1590 g/mol. The number of rotatable bonds is 35. The molecule has 0 spiro atoms. The van der Waals surface area contributed by atoms with Crippen molar-refractivity contribution in [2.45, 2.75) is 229 Å². The number of ketones is 2. The number of phenols is 3. The van der Waals surface area contributed by atoms with E-state index in [0.717, 1.165) is 61.2 Å². The van der Waals surface area contributed by atoms with Gasteiger partial charge in [-0.15, -0.1) is 0 Å². The van der Waals surface area contributed by atoms with Crippen molar-refractivity contribution in [1.29, 1.82) is 0 Å². The number of carboxylic acids is 2. The minimum atomic E-state index is -1.13. The Morgan fingerprint density at radius 3 is 0.982 bits per heavy atom. The number of aliphatic imine (C=N–C) groups is 3. The Balaban J connectivity index is 0.000000537. The molecule has 0 fully saturated rings. The lowest BCUT2D eigenvalue weighted by Crippen LogP contribution is -2.44. The number of nitrogens with zero attached hydrogens (tertiary/aromatic N) is 3. The summed E-state index contributed by atoms with van der Waals surface area (Å²) in [5.74, 6) is -5.53. The Hall–Kier alpha value is -11.7. The van der Waals surface area contributed by atoms with Gasteiger partial charge in [0.1, 0.15) is 59.3 Å². The number of hydrogen-bond donors (Lipinski definition) is 15. The SMILES string of the molecule is CC(C)(C)OC(=O)N[C@H](CCCN=C(N)N)C(=O)O.Cc1cc(O)cc(C)c1C[C@H](CC(=O)[C@@H](CCCN=C(N)N)NC(=O)OC(C)(C)C)C(=O)O.Cc1cc(O)cc(C)c1C[C@H](CC(=O)[C@@H](CCCN=C(N)N)NC(=O)OC(C)(C)C)C(=O)OCc1ccccc1.Cc1cc(O)cc(C)c1C[C@H](N)C(=O)OCc1ccccc1. The Labute approximate surface area is 667 Å². The Bertz CT molecular complexity index is 4000. The van der Waals surface area contributed by atoms with E-state index in [1.54, 1.807) is 113 Å². The van der Waals surface area contributed by atoms with Crippen LogP contribution in [-0.2, 0) is 84.9 Å². The van der Waals surface area contributed by atoms with Crippen molar-refractivity contribution in [3.05, 3.63) is 158 Å². The average Bonchev–Trinajstić information content (AvgIpc) is 0.835. The molecule has 0 bridgehead atoms. The van der Waals surface area contributed by atoms with Crippen LogP contribution in [0.25, 0.3) is 0 Å². The first-order chi connectivity index (χ1) is 53.0. The molecule has 0 saturated heterocycles. The van der Waals surface area contributed by atoms with Crippen LogP contribution in [0.15, 0.2) is 112 Å². The Morgan fingerprint density at radius 1 is 0.404 bits per heavy atom. The number of benzene rings is 5. The van der Waals surface area contributed by atoms with Crippen LogP contribution in [0.2, 0.25) is 0 Å². The first-order valence-electron chi connectivity index (χ1n) is 37.2. The fourth-order valence-corrected chi connectivity index (χ4v) is 11.4. The van der Waals surface area contributed by atoms with E-state index < -0.39 is 101 Å². The number of carbonyl (C=O) groups excluding carboxylic acids is 7. The molecule has 32 heteroatoms. The van der Waals surface area contributed by atoms with Crippen LogP contribution < -0.4 is 56.1 Å². The lowest BCUT2D eigenvalue weighted by atomic mass is 9.87. The zero-order chi connectivity index (χ0) is 86.4. The highest BCUT2D eigenvalue weighted by Crippen LogP contribution is 2.29. The number of aromatic hydroxyl groups is 3. The van der Waals surface area contributed by atoms with Gasteiger partial charge in [-0.3, -0.25) is 38.9 Å². The molecule has 0 unspecified atom stereocenters. The van der Waals surface area contributed by atoms with Gasteiger partial charge in [0.05, 0.1) is 23.9 Å². The van der Waals surface area contributed by atoms with Crippen molar-refractivity contribution in [3.8, 4) is 17.2 Å². The summed E-state index contributed by atoms with van der Waals surface area (Å²) in [6, 6.07) is 24.8. The van der Waals surface area contributed by atoms with Crippen LogP contribution in [-0.4, -0.2) is 158 Å². The lowest BCUT2D eigenvalue weighted by Gasteiger charge is -2.24. The summed E-state index contributed by atoms with van der Waals surface area (Å²) in [4.78, 5) is 123. The molecule has 5 aromatic carbocycles. The summed E-state index contributed by atoms with van der Waals surface area (Å²) >= 11 is 0. The van der Waals surface area contributed by atoms with E-state index in [1.165, 1.54) is 0 Å². The maximum absolute atomic E-state index is 13.6. The number of phenolic OH excluding ortho intramolecular Hbond substituents is 3. The van der Waals surface area contributed by atoms with Crippen molar-refractivity contribution < 1.29 is 92.4 Å². The highest BCUT2D eigenvalue weighted by molar-refractivity contribution is 5.92. The molecule has 0 aromatic heterocycles. The number of aryl methyl sites for hydroxylation is 6. The van der Waals surface area contributed by atoms with Gasteiger partial charge in [-0.25, -0.2) is 19.2 Å². The third-order valence-electron chi connectivity index (χ3n) is 16.7. The van der Waals surface area contributed by atoms with E-state index >= 15 is 0 Å². The van der Waals surface area contributed by atoms with Gasteiger partial charge in [0, 0.05) is 32.5 Å². The summed E-state index contributed by atoms with van der Waals surface area (Å²) in [7, 11) is 0. The molecule has 0 aliphatic heterocycles. The Kier molecular flexibility index (Phi) is 41.7. The number of aliphatic carboxylic acids is 2. The standard InChI is InChI=1S/C30H42N4O6.C23H36N4O6.C18H21NO3.C11H22N4O4/c1-19-14-23(35)15-20(2)24(19)16-22(27(37)39-18-21-10-7-6-8-11-21)17-26(36)25(12-9-13-33-28(31)32)34-29(38)40-30(3,4)5;1-13-9-16(28)10-14(2)17(13)11-15(20(30)31)12-19(29)18(7-6-8-26-21(24)25)27-22(32)33-23(3,4)5;1-12-8-15(20)9-13(2)16(12)10-17(19)18(21)22-11-14-6-4-3-5-7-14;1-11(2,3)19-10(18)15-7(8(16)17)5-4-6-14-9(12)13/h6-8,10-11,14-15,22,25,35H,9,12-13,16-18H2,1-5H3,(H,34,38)(H4,31,32,33);9-10,15,18,28H,6-8,11-12H2,1-5H3,(H,27,32)(H,30,31)(H4,24,25,26);3-9,17,20H,10-11,19H2,1-2H3;7H,4-6H2,1-3H3,(H,15,18)(H,16,17)(H4,12,13,14)/t22-,25-;15-,18-;17-;7-/m1101/s1. The second kappa shape index (κ2) is 48.3. The number of esters is 2. The van der Waals surface area contributed by atoms with Gasteiger partial charge in [0.15, 0.2) is 29.4 Å². The number of ether oxygens (including phenoxy) is 5. The van der Waals surface area contributed by atoms with Gasteiger partial charge >= 0.3 is 42.2 Å². The van der Waals surface area contributed by atoms with E-state index in [1.807, 2.05) is 88.4 Å². The molecule has 0 heterocycles. The zero-order valence-electron chi connectivity index (χ0n) is 68.4. The predicted molar refractivity (Wildman–Crippen MR) is 435 cm³/mol. The second-order valence-electron chi connectivity index (χ2n) is 30.4. The minimum absolute atomic E-state index is 0.0491. The van der Waals surface area contributed by atoms with Gasteiger partial charge in [-0.2, -0.15) is 0 Å². The maximum atomic E-state index is 13.6. The second-order valence-corrected chi connectivity index (χ2v) is 30.4. The molecule has 32 nitrogen and oxygen atoms in total. The van der Waals surface area contributed by atoms with Gasteiger partial charge in [0.2, 0.25) is 0 Å². The Morgan fingerprint density at radius 2 is 0.684 bits per heavy atom. The quantitative estimate of drug-likeness (QED) is 0.00593. The van der Waals surface area contributed by atoms with Gasteiger partial charge in [-0.1, -0.05) is 60.7 Å². The number of hydrogen-bond acceptors (Lipinski definition) is 21. The maximum Gasteiger partial charge on any atom is 0.408 e. The number of carboxylic acid groups (broad SMARTS) is 2. The number of carbonyl (C=O) groups is 9. The van der Waals surface area contributed by atoms with Crippen LogP contribution in [0.5, 0.6) is 17.2 Å². The normalized spacial score (nSPS) is 12.6. The van der Waals surface area contributed by atoms with Crippen molar-refractivity contribution >= 4 is 71.6 Å². The van der Waals surface area contributed by atoms with E-state index in [0.29, 0.717) is 32.2 Å². The third-order valence-corrected chi connectivity index (χ3v) is 16.7. The molecular weight excluding hydrogens is 1470 g/mol. The first-order valence-corrected chi connectivity index (χ1v) is 37.2. The molecule has 0 aliphatic rings. The number of alkyl carbamates (subject to hydrolysis) is 3. The van der Waals surface area contributed by atoms with Gasteiger partial charge in [0.25, 0.3) is 0 Å². The van der Waals surface area contributed by atoms with E-state index in [9.17, 15) is 63.6 Å². The van der Waals surface area contributed by atoms with Crippen molar-refractivity contribution in [2.75, 3.05) is 19.6 Å².